The van der Waals surface area contributed by atoms with Gasteiger partial charge in [0.1, 0.15) is 12.1 Å². The van der Waals surface area contributed by atoms with Crippen molar-refractivity contribution in [2.75, 3.05) is 26.8 Å². The Labute approximate surface area is 114 Å². The minimum atomic E-state index is -1.08. The van der Waals surface area contributed by atoms with E-state index in [4.69, 9.17) is 9.84 Å². The van der Waals surface area contributed by atoms with E-state index in [2.05, 4.69) is 10.1 Å². The normalized spacial score (nSPS) is 10.7. The van der Waals surface area contributed by atoms with Gasteiger partial charge in [0.15, 0.2) is 5.65 Å². The van der Waals surface area contributed by atoms with Gasteiger partial charge in [0.2, 0.25) is 0 Å². The second-order valence-corrected chi connectivity index (χ2v) is 4.06. The highest BCUT2D eigenvalue weighted by atomic mass is 16.5. The average Bonchev–Trinajstić information content (AvgIpc) is 2.86. The zero-order valence-electron chi connectivity index (χ0n) is 10.9. The summed E-state index contributed by atoms with van der Waals surface area (Å²) in [6, 6.07) is 1.69. The van der Waals surface area contributed by atoms with Gasteiger partial charge in [-0.25, -0.2) is 9.50 Å². The Morgan fingerprint density at radius 3 is 3.00 bits per heavy atom. The van der Waals surface area contributed by atoms with Gasteiger partial charge in [0.25, 0.3) is 5.91 Å². The van der Waals surface area contributed by atoms with Crippen molar-refractivity contribution < 1.29 is 19.4 Å². The molecule has 0 unspecified atom stereocenters. The van der Waals surface area contributed by atoms with Gasteiger partial charge in [-0.2, -0.15) is 5.10 Å². The second kappa shape index (κ2) is 6.11. The van der Waals surface area contributed by atoms with E-state index >= 15 is 0 Å². The first-order valence-electron chi connectivity index (χ1n) is 5.92. The van der Waals surface area contributed by atoms with Crippen LogP contribution in [0.15, 0.2) is 24.7 Å². The molecule has 1 amide bonds. The topological polar surface area (TPSA) is 97.0 Å². The van der Waals surface area contributed by atoms with Gasteiger partial charge >= 0.3 is 5.97 Å². The van der Waals surface area contributed by atoms with Crippen LogP contribution in [0.5, 0.6) is 0 Å². The second-order valence-electron chi connectivity index (χ2n) is 4.06. The number of carboxylic acid groups (broad SMARTS) is 1. The number of ether oxygens (including phenoxy) is 1. The molecule has 2 rings (SSSR count). The van der Waals surface area contributed by atoms with Gasteiger partial charge < -0.3 is 14.7 Å². The maximum Gasteiger partial charge on any atom is 0.323 e. The van der Waals surface area contributed by atoms with E-state index in [1.165, 1.54) is 22.7 Å². The highest BCUT2D eigenvalue weighted by molar-refractivity contribution is 6.00. The van der Waals surface area contributed by atoms with Gasteiger partial charge in [-0.3, -0.25) is 9.59 Å². The zero-order chi connectivity index (χ0) is 14.5. The minimum absolute atomic E-state index is 0.186. The van der Waals surface area contributed by atoms with Crippen LogP contribution in [0.2, 0.25) is 0 Å². The SMILES string of the molecule is COCCN(CC(=O)O)C(=O)c1cnn2cccnc12. The van der Waals surface area contributed by atoms with Crippen LogP contribution in [0.4, 0.5) is 0 Å². The Morgan fingerprint density at radius 2 is 2.30 bits per heavy atom. The number of aromatic nitrogens is 3. The fraction of sp³-hybridized carbons (Fsp3) is 0.333. The molecule has 0 aliphatic rings. The monoisotopic (exact) mass is 278 g/mol. The molecule has 2 heterocycles. The van der Waals surface area contributed by atoms with Crippen LogP contribution < -0.4 is 0 Å². The van der Waals surface area contributed by atoms with E-state index in [9.17, 15) is 9.59 Å². The van der Waals surface area contributed by atoms with Crippen molar-refractivity contribution in [3.05, 3.63) is 30.2 Å². The predicted molar refractivity (Wildman–Crippen MR) is 68.4 cm³/mol. The molecule has 0 fully saturated rings. The Balaban J connectivity index is 2.28. The molecule has 0 bridgehead atoms. The average molecular weight is 278 g/mol. The number of carbonyl (C=O) groups is 2. The Hall–Kier alpha value is -2.48. The number of methoxy groups -OCH3 is 1. The van der Waals surface area contributed by atoms with E-state index < -0.39 is 18.4 Å². The smallest absolute Gasteiger partial charge is 0.323 e. The minimum Gasteiger partial charge on any atom is -0.480 e. The highest BCUT2D eigenvalue weighted by Crippen LogP contribution is 2.10. The molecule has 0 radical (unpaired) electrons. The zero-order valence-corrected chi connectivity index (χ0v) is 10.9. The fourth-order valence-corrected chi connectivity index (χ4v) is 1.77. The highest BCUT2D eigenvalue weighted by Gasteiger charge is 2.22. The van der Waals surface area contributed by atoms with Crippen LogP contribution in [0, 0.1) is 0 Å². The number of hydrogen-bond acceptors (Lipinski definition) is 5. The molecule has 0 spiro atoms. The summed E-state index contributed by atoms with van der Waals surface area (Å²) < 4.78 is 6.35. The quantitative estimate of drug-likeness (QED) is 0.792. The molecule has 2 aromatic rings. The molecular weight excluding hydrogens is 264 g/mol. The molecular formula is C12H14N4O4. The first kappa shape index (κ1) is 13.9. The largest absolute Gasteiger partial charge is 0.480 e. The fourth-order valence-electron chi connectivity index (χ4n) is 1.77. The van der Waals surface area contributed by atoms with Gasteiger partial charge in [0, 0.05) is 26.0 Å². The van der Waals surface area contributed by atoms with Gasteiger partial charge in [-0.15, -0.1) is 0 Å². The maximum atomic E-state index is 12.4. The van der Waals surface area contributed by atoms with E-state index in [-0.39, 0.29) is 18.7 Å². The number of carboxylic acids is 1. The van der Waals surface area contributed by atoms with Crippen molar-refractivity contribution in [2.24, 2.45) is 0 Å². The van der Waals surface area contributed by atoms with Crippen LogP contribution in [-0.4, -0.2) is 63.3 Å². The number of fused-ring (bicyclic) bond motifs is 1. The van der Waals surface area contributed by atoms with E-state index in [0.717, 1.165) is 0 Å². The van der Waals surface area contributed by atoms with E-state index in [1.807, 2.05) is 0 Å². The molecule has 0 aromatic carbocycles. The van der Waals surface area contributed by atoms with Crippen LogP contribution in [0.25, 0.3) is 5.65 Å². The number of carbonyl (C=O) groups excluding carboxylic acids is 1. The molecule has 0 aliphatic heterocycles. The van der Waals surface area contributed by atoms with Crippen molar-refractivity contribution >= 4 is 17.5 Å². The summed E-state index contributed by atoms with van der Waals surface area (Å²) in [5, 5.41) is 12.9. The Bertz CT molecular complexity index is 625. The number of aliphatic carboxylic acids is 1. The maximum absolute atomic E-state index is 12.4. The molecule has 8 heteroatoms. The number of nitrogens with zero attached hydrogens (tertiary/aromatic N) is 4. The first-order valence-corrected chi connectivity index (χ1v) is 5.92. The number of rotatable bonds is 6. The molecule has 0 saturated heterocycles. The van der Waals surface area contributed by atoms with Gasteiger partial charge in [-0.05, 0) is 6.07 Å². The van der Waals surface area contributed by atoms with Crippen molar-refractivity contribution in [1.82, 2.24) is 19.5 Å². The van der Waals surface area contributed by atoms with Gasteiger partial charge in [-0.1, -0.05) is 0 Å². The van der Waals surface area contributed by atoms with Crippen LogP contribution in [0.1, 0.15) is 10.4 Å². The summed E-state index contributed by atoms with van der Waals surface area (Å²) in [7, 11) is 1.49. The van der Waals surface area contributed by atoms with Crippen LogP contribution >= 0.6 is 0 Å². The standard InChI is InChI=1S/C12H14N4O4/c1-20-6-5-15(8-10(17)18)12(19)9-7-14-16-4-2-3-13-11(9)16/h2-4,7H,5-6,8H2,1H3,(H,17,18). The summed E-state index contributed by atoms with van der Waals surface area (Å²) in [6.07, 6.45) is 4.59. The molecule has 1 N–H and O–H groups in total. The van der Waals surface area contributed by atoms with Crippen molar-refractivity contribution in [1.29, 1.82) is 0 Å². The van der Waals surface area contributed by atoms with Gasteiger partial charge in [0.05, 0.1) is 12.8 Å². The van der Waals surface area contributed by atoms with E-state index in [0.29, 0.717) is 5.65 Å². The predicted octanol–water partition coefficient (Wildman–Crippen LogP) is -0.0975. The first-order chi connectivity index (χ1) is 9.63. The van der Waals surface area contributed by atoms with Crippen LogP contribution in [0.3, 0.4) is 0 Å². The third-order valence-corrected chi connectivity index (χ3v) is 2.69. The lowest BCUT2D eigenvalue weighted by Crippen LogP contribution is -2.38. The molecule has 2 aromatic heterocycles. The third-order valence-electron chi connectivity index (χ3n) is 2.69. The lowest BCUT2D eigenvalue weighted by atomic mass is 10.3. The summed E-state index contributed by atoms with van der Waals surface area (Å²) in [5.41, 5.74) is 0.660. The molecule has 0 saturated carbocycles. The third kappa shape index (κ3) is 2.91. The molecule has 0 atom stereocenters. The summed E-state index contributed by atoms with van der Waals surface area (Å²) in [5.74, 6) is -1.52. The lowest BCUT2D eigenvalue weighted by molar-refractivity contribution is -0.137. The number of amides is 1. The van der Waals surface area contributed by atoms with E-state index in [1.54, 1.807) is 18.5 Å². The summed E-state index contributed by atoms with van der Waals surface area (Å²) >= 11 is 0. The molecule has 0 aliphatic carbocycles. The number of hydrogen-bond donors (Lipinski definition) is 1. The summed E-state index contributed by atoms with van der Waals surface area (Å²) in [6.45, 7) is 0.0455. The lowest BCUT2D eigenvalue weighted by Gasteiger charge is -2.19. The molecule has 106 valence electrons. The Kier molecular flexibility index (Phi) is 4.26. The van der Waals surface area contributed by atoms with Crippen LogP contribution in [-0.2, 0) is 9.53 Å². The molecule has 8 nitrogen and oxygen atoms in total. The summed E-state index contributed by atoms with van der Waals surface area (Å²) in [4.78, 5) is 28.5. The van der Waals surface area contributed by atoms with Crippen molar-refractivity contribution in [3.63, 3.8) is 0 Å². The van der Waals surface area contributed by atoms with Crippen molar-refractivity contribution in [2.45, 2.75) is 0 Å². The van der Waals surface area contributed by atoms with Crippen molar-refractivity contribution in [3.8, 4) is 0 Å². The Morgan fingerprint density at radius 1 is 1.50 bits per heavy atom. The molecule has 20 heavy (non-hydrogen) atoms.